The van der Waals surface area contributed by atoms with E-state index in [1.54, 1.807) is 4.90 Å². The van der Waals surface area contributed by atoms with Gasteiger partial charge in [-0.25, -0.2) is 4.79 Å². The lowest BCUT2D eigenvalue weighted by Gasteiger charge is -2.28. The van der Waals surface area contributed by atoms with Gasteiger partial charge in [0.25, 0.3) is 0 Å². The normalized spacial score (nSPS) is 17.0. The number of ether oxygens (including phenoxy) is 2. The molecule has 30 heavy (non-hydrogen) atoms. The first-order chi connectivity index (χ1) is 14.4. The SMILES string of the molecule is C=N/N=C(\OCC1CCCN1C(=O)OC(C)(C)C)c1cccc(-c2ccccc2)c1. The first-order valence-corrected chi connectivity index (χ1v) is 10.2. The molecular formula is C24H29N3O3. The van der Waals surface area contributed by atoms with Crippen molar-refractivity contribution in [3.05, 3.63) is 60.2 Å². The summed E-state index contributed by atoms with van der Waals surface area (Å²) in [4.78, 5) is 14.2. The largest absolute Gasteiger partial charge is 0.474 e. The number of hydrogen-bond acceptors (Lipinski definition) is 5. The second kappa shape index (κ2) is 9.57. The molecule has 0 N–H and O–H groups in total. The van der Waals surface area contributed by atoms with Gasteiger partial charge in [0.15, 0.2) is 0 Å². The molecule has 2 aromatic carbocycles. The fourth-order valence-electron chi connectivity index (χ4n) is 3.44. The topological polar surface area (TPSA) is 63.5 Å². The molecule has 1 unspecified atom stereocenters. The standard InChI is InChI=1S/C24H29N3O3/c1-24(2,3)30-23(28)27-15-9-14-21(27)17-29-22(26-25-4)20-13-8-12-19(16-20)18-10-6-5-7-11-18/h5-8,10-13,16,21H,4,9,14-15,17H2,1-3H3/b26-22-. The summed E-state index contributed by atoms with van der Waals surface area (Å²) in [5.74, 6) is 0.388. The van der Waals surface area contributed by atoms with Gasteiger partial charge in [-0.3, -0.25) is 0 Å². The lowest BCUT2D eigenvalue weighted by Crippen LogP contribution is -2.42. The summed E-state index contributed by atoms with van der Waals surface area (Å²) in [6, 6.07) is 18.0. The second-order valence-corrected chi connectivity index (χ2v) is 8.27. The van der Waals surface area contributed by atoms with Crippen LogP contribution in [0.1, 0.15) is 39.2 Å². The van der Waals surface area contributed by atoms with Gasteiger partial charge in [-0.05, 0) is 56.9 Å². The van der Waals surface area contributed by atoms with Crippen LogP contribution in [0, 0.1) is 0 Å². The minimum Gasteiger partial charge on any atom is -0.474 e. The van der Waals surface area contributed by atoms with Gasteiger partial charge >= 0.3 is 6.09 Å². The van der Waals surface area contributed by atoms with Crippen molar-refractivity contribution in [1.29, 1.82) is 0 Å². The number of rotatable bonds is 5. The van der Waals surface area contributed by atoms with Crippen molar-refractivity contribution in [3.8, 4) is 11.1 Å². The van der Waals surface area contributed by atoms with Crippen LogP contribution >= 0.6 is 0 Å². The molecule has 1 amide bonds. The highest BCUT2D eigenvalue weighted by atomic mass is 16.6. The maximum Gasteiger partial charge on any atom is 0.410 e. The Labute approximate surface area is 178 Å². The molecule has 1 aliphatic heterocycles. The summed E-state index contributed by atoms with van der Waals surface area (Å²) >= 11 is 0. The Morgan fingerprint density at radius 3 is 2.57 bits per heavy atom. The van der Waals surface area contributed by atoms with Gasteiger partial charge in [0, 0.05) is 18.8 Å². The van der Waals surface area contributed by atoms with Crippen molar-refractivity contribution in [3.63, 3.8) is 0 Å². The molecule has 0 spiro atoms. The number of benzene rings is 2. The molecule has 0 bridgehead atoms. The fraction of sp³-hybridized carbons (Fsp3) is 0.375. The van der Waals surface area contributed by atoms with E-state index in [9.17, 15) is 4.79 Å². The summed E-state index contributed by atoms with van der Waals surface area (Å²) in [6.45, 7) is 10.1. The molecule has 6 heteroatoms. The van der Waals surface area contributed by atoms with Crippen LogP contribution in [0.3, 0.4) is 0 Å². The molecule has 1 aliphatic rings. The lowest BCUT2D eigenvalue weighted by molar-refractivity contribution is 0.0183. The number of hydrogen-bond donors (Lipinski definition) is 0. The molecule has 3 rings (SSSR count). The number of carbonyl (C=O) groups excluding carboxylic acids is 1. The zero-order valence-electron chi connectivity index (χ0n) is 17.9. The molecule has 6 nitrogen and oxygen atoms in total. The van der Waals surface area contributed by atoms with E-state index >= 15 is 0 Å². The maximum absolute atomic E-state index is 12.5. The Balaban J connectivity index is 1.72. The van der Waals surface area contributed by atoms with E-state index in [-0.39, 0.29) is 12.1 Å². The predicted molar refractivity (Wildman–Crippen MR) is 120 cm³/mol. The summed E-state index contributed by atoms with van der Waals surface area (Å²) in [6.07, 6.45) is 1.47. The van der Waals surface area contributed by atoms with Crippen molar-refractivity contribution in [2.75, 3.05) is 13.2 Å². The van der Waals surface area contributed by atoms with Crippen LogP contribution in [0.5, 0.6) is 0 Å². The number of nitrogens with zero attached hydrogens (tertiary/aromatic N) is 3. The monoisotopic (exact) mass is 407 g/mol. The van der Waals surface area contributed by atoms with Crippen LogP contribution in [0.15, 0.2) is 64.8 Å². The van der Waals surface area contributed by atoms with E-state index in [1.165, 1.54) is 0 Å². The highest BCUT2D eigenvalue weighted by Gasteiger charge is 2.32. The third-order valence-corrected chi connectivity index (χ3v) is 4.80. The van der Waals surface area contributed by atoms with Crippen molar-refractivity contribution < 1.29 is 14.3 Å². The number of amides is 1. The third-order valence-electron chi connectivity index (χ3n) is 4.80. The molecule has 1 heterocycles. The van der Waals surface area contributed by atoms with Crippen LogP contribution in [-0.2, 0) is 9.47 Å². The maximum atomic E-state index is 12.5. The van der Waals surface area contributed by atoms with Crippen molar-refractivity contribution >= 4 is 18.7 Å². The molecule has 1 fully saturated rings. The summed E-state index contributed by atoms with van der Waals surface area (Å²) < 4.78 is 11.5. The van der Waals surface area contributed by atoms with Gasteiger partial charge in [-0.15, -0.1) is 5.10 Å². The van der Waals surface area contributed by atoms with Crippen molar-refractivity contribution in [2.24, 2.45) is 10.2 Å². The van der Waals surface area contributed by atoms with Crippen LogP contribution in [0.4, 0.5) is 4.79 Å². The Hall–Kier alpha value is -3.15. The zero-order valence-corrected chi connectivity index (χ0v) is 17.9. The molecule has 1 atom stereocenters. The average Bonchev–Trinajstić information content (AvgIpc) is 3.19. The van der Waals surface area contributed by atoms with E-state index in [0.717, 1.165) is 29.5 Å². The molecule has 158 valence electrons. The quantitative estimate of drug-likeness (QED) is 0.392. The lowest BCUT2D eigenvalue weighted by atomic mass is 10.0. The van der Waals surface area contributed by atoms with Crippen LogP contribution in [0.2, 0.25) is 0 Å². The van der Waals surface area contributed by atoms with Gasteiger partial charge in [0.1, 0.15) is 12.2 Å². The summed E-state index contributed by atoms with van der Waals surface area (Å²) in [5, 5.41) is 7.76. The minimum atomic E-state index is -0.525. The molecule has 0 aromatic heterocycles. The fourth-order valence-corrected chi connectivity index (χ4v) is 3.44. The Morgan fingerprint density at radius 2 is 1.87 bits per heavy atom. The smallest absolute Gasteiger partial charge is 0.410 e. The first kappa shape index (κ1) is 21.6. The Bertz CT molecular complexity index is 903. The van der Waals surface area contributed by atoms with E-state index < -0.39 is 5.60 Å². The molecule has 0 aliphatic carbocycles. The van der Waals surface area contributed by atoms with Crippen molar-refractivity contribution in [1.82, 2.24) is 4.90 Å². The Kier molecular flexibility index (Phi) is 6.87. The minimum absolute atomic E-state index is 0.0628. The van der Waals surface area contributed by atoms with Gasteiger partial charge in [-0.2, -0.15) is 5.10 Å². The van der Waals surface area contributed by atoms with E-state index in [0.29, 0.717) is 19.0 Å². The molecule has 2 aromatic rings. The average molecular weight is 408 g/mol. The summed E-state index contributed by atoms with van der Waals surface area (Å²) in [7, 11) is 0. The molecule has 0 radical (unpaired) electrons. The van der Waals surface area contributed by atoms with Crippen LogP contribution in [0.25, 0.3) is 11.1 Å². The zero-order chi connectivity index (χ0) is 21.6. The number of likely N-dealkylation sites (tertiary alicyclic amines) is 1. The first-order valence-electron chi connectivity index (χ1n) is 10.2. The third kappa shape index (κ3) is 5.69. The van der Waals surface area contributed by atoms with E-state index in [4.69, 9.17) is 9.47 Å². The molecule has 0 saturated carbocycles. The second-order valence-electron chi connectivity index (χ2n) is 8.27. The highest BCUT2D eigenvalue weighted by molar-refractivity contribution is 5.95. The van der Waals surface area contributed by atoms with Gasteiger partial charge in [0.2, 0.25) is 5.90 Å². The number of carbonyl (C=O) groups is 1. The van der Waals surface area contributed by atoms with Crippen LogP contribution < -0.4 is 0 Å². The highest BCUT2D eigenvalue weighted by Crippen LogP contribution is 2.23. The Morgan fingerprint density at radius 1 is 1.13 bits per heavy atom. The molecular weight excluding hydrogens is 378 g/mol. The van der Waals surface area contributed by atoms with E-state index in [2.05, 4.69) is 29.1 Å². The molecule has 1 saturated heterocycles. The van der Waals surface area contributed by atoms with Crippen LogP contribution in [-0.4, -0.2) is 48.4 Å². The summed E-state index contributed by atoms with van der Waals surface area (Å²) in [5.41, 5.74) is 2.45. The van der Waals surface area contributed by atoms with Gasteiger partial charge in [-0.1, -0.05) is 42.5 Å². The van der Waals surface area contributed by atoms with Gasteiger partial charge < -0.3 is 14.4 Å². The predicted octanol–water partition coefficient (Wildman–Crippen LogP) is 5.13. The van der Waals surface area contributed by atoms with Crippen molar-refractivity contribution in [2.45, 2.75) is 45.3 Å². The van der Waals surface area contributed by atoms with E-state index in [1.807, 2.05) is 63.2 Å². The van der Waals surface area contributed by atoms with Gasteiger partial charge in [0.05, 0.1) is 6.04 Å².